The average molecular weight is 241 g/mol. The third kappa shape index (κ3) is 3.17. The molecule has 2 heteroatoms. The lowest BCUT2D eigenvalue weighted by Crippen LogP contribution is -2.01. The summed E-state index contributed by atoms with van der Waals surface area (Å²) in [7, 11) is 0. The van der Waals surface area contributed by atoms with Crippen LogP contribution in [0.1, 0.15) is 36.0 Å². The molecule has 0 bridgehead atoms. The molecular formula is C16H19NO. The molecule has 0 spiro atoms. The van der Waals surface area contributed by atoms with Crippen molar-refractivity contribution >= 4 is 16.6 Å². The van der Waals surface area contributed by atoms with Gasteiger partial charge in [-0.25, -0.2) is 0 Å². The third-order valence-corrected chi connectivity index (χ3v) is 3.18. The molecular weight excluding hydrogens is 222 g/mol. The number of unbranched alkanes of at least 4 members (excludes halogenated alkanes) is 2. The van der Waals surface area contributed by atoms with E-state index in [1.165, 1.54) is 5.39 Å². The lowest BCUT2D eigenvalue weighted by Gasteiger charge is -2.03. The Bertz CT molecular complexity index is 533. The van der Waals surface area contributed by atoms with Crippen molar-refractivity contribution in [1.29, 1.82) is 0 Å². The Morgan fingerprint density at radius 2 is 1.72 bits per heavy atom. The van der Waals surface area contributed by atoms with Gasteiger partial charge in [-0.05, 0) is 36.2 Å². The molecule has 94 valence electrons. The number of carbonyl (C=O) groups excluding carboxylic acids is 1. The van der Waals surface area contributed by atoms with Crippen molar-refractivity contribution in [2.24, 2.45) is 5.73 Å². The summed E-state index contributed by atoms with van der Waals surface area (Å²) in [5, 5.41) is 2.31. The second-order valence-electron chi connectivity index (χ2n) is 4.58. The van der Waals surface area contributed by atoms with Crippen LogP contribution in [0.2, 0.25) is 0 Å². The van der Waals surface area contributed by atoms with Gasteiger partial charge in [-0.15, -0.1) is 0 Å². The van der Waals surface area contributed by atoms with Gasteiger partial charge in [0.05, 0.1) is 0 Å². The maximum absolute atomic E-state index is 12.0. The molecule has 2 rings (SSSR count). The molecule has 2 nitrogen and oxygen atoms in total. The molecule has 0 aliphatic heterocycles. The van der Waals surface area contributed by atoms with Crippen LogP contribution in [-0.4, -0.2) is 12.3 Å². The summed E-state index contributed by atoms with van der Waals surface area (Å²) in [6.45, 7) is 0.712. The first-order chi connectivity index (χ1) is 8.81. The summed E-state index contributed by atoms with van der Waals surface area (Å²) >= 11 is 0. The second kappa shape index (κ2) is 6.31. The number of nitrogens with two attached hydrogens (primary N) is 1. The monoisotopic (exact) mass is 241 g/mol. The lowest BCUT2D eigenvalue weighted by atomic mass is 10.0. The first-order valence-electron chi connectivity index (χ1n) is 6.53. The van der Waals surface area contributed by atoms with Crippen LogP contribution in [0.15, 0.2) is 42.5 Å². The number of Topliss-reactive ketones (excluding diaryl/α,β-unsaturated/α-hetero) is 1. The van der Waals surface area contributed by atoms with Crippen molar-refractivity contribution in [2.45, 2.75) is 25.7 Å². The Labute approximate surface area is 108 Å². The van der Waals surface area contributed by atoms with Gasteiger partial charge in [-0.3, -0.25) is 4.79 Å². The van der Waals surface area contributed by atoms with Crippen LogP contribution < -0.4 is 5.73 Å². The molecule has 0 radical (unpaired) electrons. The normalized spacial score (nSPS) is 10.7. The number of ketones is 1. The molecule has 0 saturated carbocycles. The molecule has 0 heterocycles. The van der Waals surface area contributed by atoms with Gasteiger partial charge in [0.15, 0.2) is 5.78 Å². The van der Waals surface area contributed by atoms with Crippen molar-refractivity contribution in [1.82, 2.24) is 0 Å². The Morgan fingerprint density at radius 1 is 0.944 bits per heavy atom. The lowest BCUT2D eigenvalue weighted by molar-refractivity contribution is 0.0979. The zero-order chi connectivity index (χ0) is 12.8. The van der Waals surface area contributed by atoms with Crippen molar-refractivity contribution in [2.75, 3.05) is 6.54 Å². The van der Waals surface area contributed by atoms with E-state index < -0.39 is 0 Å². The smallest absolute Gasteiger partial charge is 0.162 e. The fourth-order valence-corrected chi connectivity index (χ4v) is 2.11. The highest BCUT2D eigenvalue weighted by Gasteiger charge is 2.05. The molecule has 0 aliphatic rings. The van der Waals surface area contributed by atoms with Gasteiger partial charge < -0.3 is 5.73 Å². The summed E-state index contributed by atoms with van der Waals surface area (Å²) in [6, 6.07) is 14.0. The molecule has 0 unspecified atom stereocenters. The van der Waals surface area contributed by atoms with E-state index in [0.29, 0.717) is 13.0 Å². The van der Waals surface area contributed by atoms with Gasteiger partial charge >= 0.3 is 0 Å². The van der Waals surface area contributed by atoms with Crippen LogP contribution in [0.4, 0.5) is 0 Å². The average Bonchev–Trinajstić information content (AvgIpc) is 2.43. The van der Waals surface area contributed by atoms with E-state index in [1.54, 1.807) is 0 Å². The van der Waals surface area contributed by atoms with Crippen molar-refractivity contribution in [3.8, 4) is 0 Å². The molecule has 0 fully saturated rings. The number of carbonyl (C=O) groups is 1. The summed E-state index contributed by atoms with van der Waals surface area (Å²) < 4.78 is 0. The summed E-state index contributed by atoms with van der Waals surface area (Å²) in [4.78, 5) is 12.0. The predicted octanol–water partition coefficient (Wildman–Crippen LogP) is 3.54. The van der Waals surface area contributed by atoms with Crippen LogP contribution in [0.25, 0.3) is 10.8 Å². The molecule has 0 aliphatic carbocycles. The van der Waals surface area contributed by atoms with Crippen molar-refractivity contribution in [3.63, 3.8) is 0 Å². The number of hydrogen-bond acceptors (Lipinski definition) is 2. The van der Waals surface area contributed by atoms with Gasteiger partial charge in [0.25, 0.3) is 0 Å². The van der Waals surface area contributed by atoms with Gasteiger partial charge in [-0.2, -0.15) is 0 Å². The minimum Gasteiger partial charge on any atom is -0.330 e. The largest absolute Gasteiger partial charge is 0.330 e. The predicted molar refractivity (Wildman–Crippen MR) is 75.8 cm³/mol. The molecule has 0 saturated heterocycles. The highest BCUT2D eigenvalue weighted by Crippen LogP contribution is 2.17. The first kappa shape index (κ1) is 12.8. The molecule has 0 aromatic heterocycles. The van der Waals surface area contributed by atoms with E-state index in [0.717, 1.165) is 30.2 Å². The van der Waals surface area contributed by atoms with Crippen LogP contribution in [0.5, 0.6) is 0 Å². The Balaban J connectivity index is 2.04. The summed E-state index contributed by atoms with van der Waals surface area (Å²) in [6.07, 6.45) is 3.60. The number of hydrogen-bond donors (Lipinski definition) is 1. The summed E-state index contributed by atoms with van der Waals surface area (Å²) in [5.41, 5.74) is 6.25. The van der Waals surface area contributed by atoms with Crippen LogP contribution in [0.3, 0.4) is 0 Å². The second-order valence-corrected chi connectivity index (χ2v) is 4.58. The van der Waals surface area contributed by atoms with Crippen LogP contribution in [0, 0.1) is 0 Å². The quantitative estimate of drug-likeness (QED) is 0.621. The molecule has 2 N–H and O–H groups in total. The molecule has 2 aromatic carbocycles. The van der Waals surface area contributed by atoms with Gasteiger partial charge in [-0.1, -0.05) is 42.8 Å². The van der Waals surface area contributed by atoms with Gasteiger partial charge in [0, 0.05) is 12.0 Å². The van der Waals surface area contributed by atoms with Crippen molar-refractivity contribution < 1.29 is 4.79 Å². The zero-order valence-corrected chi connectivity index (χ0v) is 10.6. The van der Waals surface area contributed by atoms with E-state index in [4.69, 9.17) is 5.73 Å². The van der Waals surface area contributed by atoms with E-state index in [-0.39, 0.29) is 5.78 Å². The SMILES string of the molecule is NCCCCCC(=O)c1ccc2ccccc2c1. The van der Waals surface area contributed by atoms with Gasteiger partial charge in [0.1, 0.15) is 0 Å². The maximum Gasteiger partial charge on any atom is 0.162 e. The number of benzene rings is 2. The van der Waals surface area contributed by atoms with E-state index in [9.17, 15) is 4.79 Å². The topological polar surface area (TPSA) is 43.1 Å². The molecule has 2 aromatic rings. The molecule has 0 amide bonds. The Hall–Kier alpha value is -1.67. The van der Waals surface area contributed by atoms with E-state index in [1.807, 2.05) is 36.4 Å². The maximum atomic E-state index is 12.0. The minimum absolute atomic E-state index is 0.234. The van der Waals surface area contributed by atoms with Crippen LogP contribution >= 0.6 is 0 Å². The van der Waals surface area contributed by atoms with Crippen LogP contribution in [-0.2, 0) is 0 Å². The van der Waals surface area contributed by atoms with Crippen molar-refractivity contribution in [3.05, 3.63) is 48.0 Å². The summed E-state index contributed by atoms with van der Waals surface area (Å²) in [5.74, 6) is 0.234. The van der Waals surface area contributed by atoms with E-state index >= 15 is 0 Å². The molecule has 18 heavy (non-hydrogen) atoms. The van der Waals surface area contributed by atoms with Gasteiger partial charge in [0.2, 0.25) is 0 Å². The molecule has 0 atom stereocenters. The Kier molecular flexibility index (Phi) is 4.48. The highest BCUT2D eigenvalue weighted by molar-refractivity contribution is 5.99. The minimum atomic E-state index is 0.234. The zero-order valence-electron chi connectivity index (χ0n) is 10.6. The fourth-order valence-electron chi connectivity index (χ4n) is 2.11. The number of rotatable bonds is 6. The highest BCUT2D eigenvalue weighted by atomic mass is 16.1. The van der Waals surface area contributed by atoms with E-state index in [2.05, 4.69) is 6.07 Å². The third-order valence-electron chi connectivity index (χ3n) is 3.18. The number of fused-ring (bicyclic) bond motifs is 1. The first-order valence-corrected chi connectivity index (χ1v) is 6.53. The Morgan fingerprint density at radius 3 is 2.50 bits per heavy atom. The fraction of sp³-hybridized carbons (Fsp3) is 0.312. The standard InChI is InChI=1S/C16H19NO/c17-11-5-1-2-8-16(18)15-10-9-13-6-3-4-7-14(13)12-15/h3-4,6-7,9-10,12H,1-2,5,8,11,17H2.